The highest BCUT2D eigenvalue weighted by Crippen LogP contribution is 2.16. The summed E-state index contributed by atoms with van der Waals surface area (Å²) in [6.45, 7) is 0.719. The molecule has 0 radical (unpaired) electrons. The van der Waals surface area contributed by atoms with E-state index in [9.17, 15) is 9.59 Å². The minimum atomic E-state index is -0.360. The fourth-order valence-corrected chi connectivity index (χ4v) is 1.78. The molecule has 0 atom stereocenters. The number of furan rings is 1. The van der Waals surface area contributed by atoms with Crippen LogP contribution in [0.4, 0.5) is 11.4 Å². The van der Waals surface area contributed by atoms with Crippen LogP contribution in [-0.2, 0) is 14.3 Å². The Morgan fingerprint density at radius 2 is 1.87 bits per heavy atom. The van der Waals surface area contributed by atoms with Crippen molar-refractivity contribution in [2.45, 2.75) is 0 Å². The average Bonchev–Trinajstić information content (AvgIpc) is 3.06. The second-order valence-electron chi connectivity index (χ2n) is 4.61. The Balaban J connectivity index is 1.87. The Morgan fingerprint density at radius 1 is 1.09 bits per heavy atom. The molecule has 0 saturated carbocycles. The molecule has 0 unspecified atom stereocenters. The van der Waals surface area contributed by atoms with E-state index in [-0.39, 0.29) is 24.2 Å². The summed E-state index contributed by atoms with van der Waals surface area (Å²) in [4.78, 5) is 23.6. The monoisotopic (exact) mass is 318 g/mol. The summed E-state index contributed by atoms with van der Waals surface area (Å²) in [7, 11) is 1.56. The van der Waals surface area contributed by atoms with Gasteiger partial charge in [0.2, 0.25) is 5.91 Å². The molecule has 0 aliphatic heterocycles. The fourth-order valence-electron chi connectivity index (χ4n) is 1.78. The van der Waals surface area contributed by atoms with Gasteiger partial charge in [-0.1, -0.05) is 6.07 Å². The minimum absolute atomic E-state index is 0.0632. The second kappa shape index (κ2) is 8.72. The van der Waals surface area contributed by atoms with E-state index in [1.165, 1.54) is 6.26 Å². The van der Waals surface area contributed by atoms with Gasteiger partial charge in [0, 0.05) is 18.5 Å². The standard InChI is InChI=1S/C16H18N2O5/c1-21-8-9-22-11-15(19)17-12-4-2-5-13(10-12)18-16(20)14-6-3-7-23-14/h2-7,10H,8-9,11H2,1H3,(H,17,19)(H,18,20). The molecule has 0 saturated heterocycles. The molecular formula is C16H18N2O5. The molecule has 1 aromatic carbocycles. The second-order valence-corrected chi connectivity index (χ2v) is 4.61. The number of ether oxygens (including phenoxy) is 2. The van der Waals surface area contributed by atoms with Gasteiger partial charge in [-0.15, -0.1) is 0 Å². The van der Waals surface area contributed by atoms with E-state index < -0.39 is 0 Å². The summed E-state index contributed by atoms with van der Waals surface area (Å²) in [5.74, 6) is -0.428. The summed E-state index contributed by atoms with van der Waals surface area (Å²) in [5.41, 5.74) is 1.10. The SMILES string of the molecule is COCCOCC(=O)Nc1cccc(NC(=O)c2ccco2)c1. The van der Waals surface area contributed by atoms with Crippen molar-refractivity contribution in [3.05, 3.63) is 48.4 Å². The lowest BCUT2D eigenvalue weighted by molar-refractivity contribution is -0.121. The van der Waals surface area contributed by atoms with E-state index in [2.05, 4.69) is 10.6 Å². The van der Waals surface area contributed by atoms with E-state index in [4.69, 9.17) is 13.9 Å². The first kappa shape index (κ1) is 16.7. The zero-order valence-corrected chi connectivity index (χ0v) is 12.7. The maximum absolute atomic E-state index is 11.9. The van der Waals surface area contributed by atoms with Crippen LogP contribution < -0.4 is 10.6 Å². The fraction of sp³-hybridized carbons (Fsp3) is 0.250. The maximum Gasteiger partial charge on any atom is 0.291 e. The topological polar surface area (TPSA) is 89.8 Å². The minimum Gasteiger partial charge on any atom is -0.459 e. The lowest BCUT2D eigenvalue weighted by Gasteiger charge is -2.08. The number of carbonyl (C=O) groups excluding carboxylic acids is 2. The zero-order chi connectivity index (χ0) is 16.5. The van der Waals surface area contributed by atoms with Crippen LogP contribution in [0.15, 0.2) is 47.1 Å². The van der Waals surface area contributed by atoms with Gasteiger partial charge in [0.1, 0.15) is 6.61 Å². The normalized spacial score (nSPS) is 10.3. The lowest BCUT2D eigenvalue weighted by atomic mass is 10.2. The van der Waals surface area contributed by atoms with E-state index in [1.54, 1.807) is 43.5 Å². The highest BCUT2D eigenvalue weighted by molar-refractivity contribution is 6.02. The molecule has 2 amide bonds. The number of rotatable bonds is 8. The molecule has 23 heavy (non-hydrogen) atoms. The van der Waals surface area contributed by atoms with Crippen molar-refractivity contribution >= 4 is 23.2 Å². The van der Waals surface area contributed by atoms with Crippen LogP contribution in [0.1, 0.15) is 10.6 Å². The van der Waals surface area contributed by atoms with Gasteiger partial charge < -0.3 is 24.5 Å². The Morgan fingerprint density at radius 3 is 2.57 bits per heavy atom. The van der Waals surface area contributed by atoms with Gasteiger partial charge in [-0.3, -0.25) is 9.59 Å². The Bertz CT molecular complexity index is 640. The van der Waals surface area contributed by atoms with E-state index >= 15 is 0 Å². The molecule has 0 bridgehead atoms. The molecule has 0 aliphatic carbocycles. The smallest absolute Gasteiger partial charge is 0.291 e. The van der Waals surface area contributed by atoms with Crippen molar-refractivity contribution in [2.24, 2.45) is 0 Å². The van der Waals surface area contributed by atoms with Gasteiger partial charge in [0.25, 0.3) is 5.91 Å². The first-order chi connectivity index (χ1) is 11.2. The lowest BCUT2D eigenvalue weighted by Crippen LogP contribution is -2.19. The number of benzene rings is 1. The number of amides is 2. The Labute approximate surface area is 133 Å². The van der Waals surface area contributed by atoms with Gasteiger partial charge in [0.05, 0.1) is 19.5 Å². The highest BCUT2D eigenvalue weighted by Gasteiger charge is 2.09. The van der Waals surface area contributed by atoms with Gasteiger partial charge >= 0.3 is 0 Å². The largest absolute Gasteiger partial charge is 0.459 e. The first-order valence-electron chi connectivity index (χ1n) is 7.00. The van der Waals surface area contributed by atoms with Crippen LogP contribution in [0.3, 0.4) is 0 Å². The summed E-state index contributed by atoms with van der Waals surface area (Å²) < 4.78 is 15.0. The van der Waals surface area contributed by atoms with E-state index in [0.29, 0.717) is 24.6 Å². The van der Waals surface area contributed by atoms with Gasteiger partial charge in [-0.2, -0.15) is 0 Å². The quantitative estimate of drug-likeness (QED) is 0.728. The van der Waals surface area contributed by atoms with Crippen molar-refractivity contribution in [1.29, 1.82) is 0 Å². The van der Waals surface area contributed by atoms with Crippen molar-refractivity contribution < 1.29 is 23.5 Å². The number of carbonyl (C=O) groups is 2. The molecule has 2 aromatic rings. The van der Waals surface area contributed by atoms with Crippen LogP contribution in [0, 0.1) is 0 Å². The number of hydrogen-bond acceptors (Lipinski definition) is 5. The van der Waals surface area contributed by atoms with Gasteiger partial charge in [-0.05, 0) is 30.3 Å². The highest BCUT2D eigenvalue weighted by atomic mass is 16.5. The van der Waals surface area contributed by atoms with E-state index in [1.807, 2.05) is 0 Å². The van der Waals surface area contributed by atoms with Crippen molar-refractivity contribution in [3.8, 4) is 0 Å². The third kappa shape index (κ3) is 5.57. The molecule has 1 aromatic heterocycles. The predicted molar refractivity (Wildman–Crippen MR) is 84.4 cm³/mol. The molecular weight excluding hydrogens is 300 g/mol. The summed E-state index contributed by atoms with van der Waals surface area (Å²) in [6.07, 6.45) is 1.43. The molecule has 2 rings (SSSR count). The zero-order valence-electron chi connectivity index (χ0n) is 12.7. The molecule has 0 aliphatic rings. The molecule has 0 fully saturated rings. The molecule has 7 heteroatoms. The van der Waals surface area contributed by atoms with Crippen LogP contribution in [-0.4, -0.2) is 38.7 Å². The molecule has 7 nitrogen and oxygen atoms in total. The number of hydrogen-bond donors (Lipinski definition) is 2. The Kier molecular flexibility index (Phi) is 6.34. The maximum atomic E-state index is 11.9. The first-order valence-corrected chi connectivity index (χ1v) is 7.00. The van der Waals surface area contributed by atoms with E-state index in [0.717, 1.165) is 0 Å². The molecule has 1 heterocycles. The third-order valence-corrected chi connectivity index (χ3v) is 2.81. The van der Waals surface area contributed by atoms with Gasteiger partial charge in [-0.25, -0.2) is 0 Å². The summed E-state index contributed by atoms with van der Waals surface area (Å²) in [6, 6.07) is 10.0. The van der Waals surface area contributed by atoms with Crippen molar-refractivity contribution in [3.63, 3.8) is 0 Å². The van der Waals surface area contributed by atoms with Crippen LogP contribution in [0.2, 0.25) is 0 Å². The number of methoxy groups -OCH3 is 1. The average molecular weight is 318 g/mol. The molecule has 0 spiro atoms. The van der Waals surface area contributed by atoms with Crippen LogP contribution in [0.25, 0.3) is 0 Å². The summed E-state index contributed by atoms with van der Waals surface area (Å²) >= 11 is 0. The molecule has 122 valence electrons. The third-order valence-electron chi connectivity index (χ3n) is 2.81. The Hall–Kier alpha value is -2.64. The number of anilines is 2. The molecule has 2 N–H and O–H groups in total. The van der Waals surface area contributed by atoms with Crippen LogP contribution in [0.5, 0.6) is 0 Å². The van der Waals surface area contributed by atoms with Crippen molar-refractivity contribution in [1.82, 2.24) is 0 Å². The van der Waals surface area contributed by atoms with Crippen molar-refractivity contribution in [2.75, 3.05) is 37.6 Å². The summed E-state index contributed by atoms with van der Waals surface area (Å²) in [5, 5.41) is 5.37. The van der Waals surface area contributed by atoms with Crippen LogP contribution >= 0.6 is 0 Å². The predicted octanol–water partition coefficient (Wildman–Crippen LogP) is 2.13. The number of nitrogens with one attached hydrogen (secondary N) is 2. The van der Waals surface area contributed by atoms with Gasteiger partial charge in [0.15, 0.2) is 5.76 Å².